The van der Waals surface area contributed by atoms with E-state index >= 15 is 0 Å². The van der Waals surface area contributed by atoms with Crippen LogP contribution in [0.5, 0.6) is 0 Å². The number of rotatable bonds is 2. The molecule has 104 valence electrons. The normalized spacial score (nSPS) is 15.2. The quantitative estimate of drug-likeness (QED) is 0.857. The predicted octanol–water partition coefficient (Wildman–Crippen LogP) is 2.84. The highest BCUT2D eigenvalue weighted by molar-refractivity contribution is 7.94. The first-order valence-corrected chi connectivity index (χ1v) is 8.53. The fourth-order valence-corrected chi connectivity index (χ4v) is 5.08. The lowest BCUT2D eigenvalue weighted by atomic mass is 9.99. The van der Waals surface area contributed by atoms with Crippen molar-refractivity contribution in [2.45, 2.75) is 17.6 Å². The number of fused-ring (bicyclic) bond motifs is 1. The van der Waals surface area contributed by atoms with Gasteiger partial charge in [-0.05, 0) is 30.0 Å². The summed E-state index contributed by atoms with van der Waals surface area (Å²) in [6.07, 6.45) is 0.223. The SMILES string of the molecule is Cc1cccc2c1N(S(=O)(=O)c1cccs1)CCC2=O. The Balaban J connectivity index is 2.19. The first-order valence-electron chi connectivity index (χ1n) is 6.21. The maximum atomic E-state index is 12.7. The standard InChI is InChI=1S/C14H13NO3S2/c1-10-4-2-5-11-12(16)7-8-15(14(10)11)20(17,18)13-6-3-9-19-13/h2-6,9H,7-8H2,1H3. The van der Waals surface area contributed by atoms with Gasteiger partial charge in [-0.3, -0.25) is 9.10 Å². The van der Waals surface area contributed by atoms with Crippen molar-refractivity contribution in [3.05, 3.63) is 46.8 Å². The molecule has 0 amide bonds. The minimum absolute atomic E-state index is 0.00123. The Morgan fingerprint density at radius 1 is 1.20 bits per heavy atom. The first-order chi connectivity index (χ1) is 9.51. The second-order valence-corrected chi connectivity index (χ2v) is 7.69. The van der Waals surface area contributed by atoms with Gasteiger partial charge in [0.2, 0.25) is 0 Å². The summed E-state index contributed by atoms with van der Waals surface area (Å²) < 4.78 is 27.1. The number of sulfonamides is 1. The van der Waals surface area contributed by atoms with E-state index in [2.05, 4.69) is 0 Å². The van der Waals surface area contributed by atoms with Crippen molar-refractivity contribution in [1.82, 2.24) is 0 Å². The molecule has 0 spiro atoms. The van der Waals surface area contributed by atoms with Gasteiger partial charge in [0.25, 0.3) is 10.0 Å². The minimum atomic E-state index is -3.58. The summed E-state index contributed by atoms with van der Waals surface area (Å²) in [6, 6.07) is 8.61. The van der Waals surface area contributed by atoms with Crippen LogP contribution in [-0.2, 0) is 10.0 Å². The van der Waals surface area contributed by atoms with Gasteiger partial charge in [-0.25, -0.2) is 8.42 Å². The van der Waals surface area contributed by atoms with E-state index in [1.807, 2.05) is 13.0 Å². The van der Waals surface area contributed by atoms with Crippen molar-refractivity contribution >= 4 is 32.8 Å². The molecule has 6 heteroatoms. The highest BCUT2D eigenvalue weighted by Crippen LogP contribution is 2.35. The van der Waals surface area contributed by atoms with Crippen molar-refractivity contribution in [2.75, 3.05) is 10.8 Å². The summed E-state index contributed by atoms with van der Waals surface area (Å²) in [4.78, 5) is 12.0. The summed E-state index contributed by atoms with van der Waals surface area (Å²) in [6.45, 7) is 2.03. The molecule has 0 atom stereocenters. The molecule has 20 heavy (non-hydrogen) atoms. The number of anilines is 1. The molecule has 2 heterocycles. The molecule has 0 aliphatic carbocycles. The maximum absolute atomic E-state index is 12.7. The lowest BCUT2D eigenvalue weighted by Gasteiger charge is -2.30. The molecule has 0 radical (unpaired) electrons. The van der Waals surface area contributed by atoms with Crippen LogP contribution in [0.4, 0.5) is 5.69 Å². The van der Waals surface area contributed by atoms with Gasteiger partial charge in [-0.2, -0.15) is 0 Å². The minimum Gasteiger partial charge on any atom is -0.294 e. The van der Waals surface area contributed by atoms with Gasteiger partial charge in [0.05, 0.1) is 5.69 Å². The van der Waals surface area contributed by atoms with E-state index in [1.54, 1.807) is 29.6 Å². The largest absolute Gasteiger partial charge is 0.294 e. The number of ketones is 1. The van der Waals surface area contributed by atoms with Gasteiger partial charge in [0.15, 0.2) is 5.78 Å². The number of para-hydroxylation sites is 1. The van der Waals surface area contributed by atoms with Gasteiger partial charge >= 0.3 is 0 Å². The Bertz CT molecular complexity index is 764. The van der Waals surface area contributed by atoms with Crippen molar-refractivity contribution < 1.29 is 13.2 Å². The van der Waals surface area contributed by atoms with E-state index in [0.717, 1.165) is 5.56 Å². The maximum Gasteiger partial charge on any atom is 0.273 e. The van der Waals surface area contributed by atoms with Crippen LogP contribution >= 0.6 is 11.3 Å². The molecule has 3 rings (SSSR count). The number of Topliss-reactive ketones (excluding diaryl/α,β-unsaturated/α-hetero) is 1. The fourth-order valence-electron chi connectivity index (χ4n) is 2.42. The Hall–Kier alpha value is -1.66. The number of carbonyl (C=O) groups is 1. The Labute approximate surface area is 121 Å². The van der Waals surface area contributed by atoms with E-state index in [9.17, 15) is 13.2 Å². The zero-order valence-corrected chi connectivity index (χ0v) is 12.5. The number of thiophene rings is 1. The van der Waals surface area contributed by atoms with Crippen molar-refractivity contribution in [3.8, 4) is 0 Å². The topological polar surface area (TPSA) is 54.5 Å². The van der Waals surface area contributed by atoms with E-state index in [-0.39, 0.29) is 18.7 Å². The summed E-state index contributed by atoms with van der Waals surface area (Å²) >= 11 is 1.19. The number of hydrogen-bond acceptors (Lipinski definition) is 4. The molecular formula is C14H13NO3S2. The Kier molecular flexibility index (Phi) is 3.14. The molecule has 1 aliphatic rings. The number of nitrogens with zero attached hydrogens (tertiary/aromatic N) is 1. The van der Waals surface area contributed by atoms with E-state index in [1.165, 1.54) is 15.6 Å². The summed E-state index contributed by atoms with van der Waals surface area (Å²) in [7, 11) is -3.58. The molecule has 0 bridgehead atoms. The van der Waals surface area contributed by atoms with Crippen molar-refractivity contribution in [3.63, 3.8) is 0 Å². The fraction of sp³-hybridized carbons (Fsp3) is 0.214. The van der Waals surface area contributed by atoms with Crippen LogP contribution in [0, 0.1) is 6.92 Å². The van der Waals surface area contributed by atoms with Gasteiger partial charge in [-0.1, -0.05) is 18.2 Å². The third kappa shape index (κ3) is 1.96. The number of carbonyl (C=O) groups excluding carboxylic acids is 1. The van der Waals surface area contributed by atoms with Crippen LogP contribution in [0.25, 0.3) is 0 Å². The molecule has 0 N–H and O–H groups in total. The highest BCUT2D eigenvalue weighted by atomic mass is 32.2. The van der Waals surface area contributed by atoms with Crippen molar-refractivity contribution in [2.24, 2.45) is 0 Å². The van der Waals surface area contributed by atoms with Gasteiger partial charge in [0, 0.05) is 18.5 Å². The molecule has 0 saturated carbocycles. The van der Waals surface area contributed by atoms with Crippen LogP contribution in [0.2, 0.25) is 0 Å². The summed E-state index contributed by atoms with van der Waals surface area (Å²) in [5.41, 5.74) is 1.82. The van der Waals surface area contributed by atoms with Crippen LogP contribution < -0.4 is 4.31 Å². The zero-order valence-electron chi connectivity index (χ0n) is 10.9. The molecule has 2 aromatic rings. The summed E-state index contributed by atoms with van der Waals surface area (Å²) in [5, 5.41) is 1.74. The monoisotopic (exact) mass is 307 g/mol. The van der Waals surface area contributed by atoms with E-state index in [4.69, 9.17) is 0 Å². The van der Waals surface area contributed by atoms with Crippen molar-refractivity contribution in [1.29, 1.82) is 0 Å². The third-order valence-electron chi connectivity index (χ3n) is 3.37. The molecule has 4 nitrogen and oxygen atoms in total. The number of aryl methyl sites for hydroxylation is 1. The van der Waals surface area contributed by atoms with E-state index in [0.29, 0.717) is 15.5 Å². The lowest BCUT2D eigenvalue weighted by Crippen LogP contribution is -2.37. The van der Waals surface area contributed by atoms with Crippen LogP contribution in [-0.4, -0.2) is 20.7 Å². The zero-order chi connectivity index (χ0) is 14.3. The summed E-state index contributed by atoms with van der Waals surface area (Å²) in [5.74, 6) is 0.00123. The molecule has 1 aromatic heterocycles. The van der Waals surface area contributed by atoms with Gasteiger partial charge in [0.1, 0.15) is 4.21 Å². The Morgan fingerprint density at radius 2 is 2.00 bits per heavy atom. The molecule has 0 fully saturated rings. The molecule has 0 saturated heterocycles. The predicted molar refractivity (Wildman–Crippen MR) is 79.0 cm³/mol. The van der Waals surface area contributed by atoms with Crippen LogP contribution in [0.3, 0.4) is 0 Å². The Morgan fingerprint density at radius 3 is 2.70 bits per heavy atom. The molecular weight excluding hydrogens is 294 g/mol. The lowest BCUT2D eigenvalue weighted by molar-refractivity contribution is 0.0982. The average Bonchev–Trinajstić information content (AvgIpc) is 2.94. The highest BCUT2D eigenvalue weighted by Gasteiger charge is 2.33. The molecule has 0 unspecified atom stereocenters. The third-order valence-corrected chi connectivity index (χ3v) is 6.54. The second-order valence-electron chi connectivity index (χ2n) is 4.65. The number of benzene rings is 1. The van der Waals surface area contributed by atoms with Crippen LogP contribution in [0.15, 0.2) is 39.9 Å². The smallest absolute Gasteiger partial charge is 0.273 e. The first kappa shape index (κ1) is 13.3. The second kappa shape index (κ2) is 4.71. The van der Waals surface area contributed by atoms with E-state index < -0.39 is 10.0 Å². The number of hydrogen-bond donors (Lipinski definition) is 0. The molecule has 1 aromatic carbocycles. The van der Waals surface area contributed by atoms with Gasteiger partial charge in [-0.15, -0.1) is 11.3 Å². The molecule has 1 aliphatic heterocycles. The van der Waals surface area contributed by atoms with Crippen LogP contribution in [0.1, 0.15) is 22.3 Å². The van der Waals surface area contributed by atoms with Gasteiger partial charge < -0.3 is 0 Å². The average molecular weight is 307 g/mol.